The van der Waals surface area contributed by atoms with E-state index in [9.17, 15) is 0 Å². The van der Waals surface area contributed by atoms with Gasteiger partial charge in [-0.3, -0.25) is 0 Å². The van der Waals surface area contributed by atoms with Gasteiger partial charge in [-0.1, -0.05) is 37.8 Å². The number of allylic oxidation sites excluding steroid dienone is 1. The summed E-state index contributed by atoms with van der Waals surface area (Å²) in [7, 11) is 2.13. The largest absolute Gasteiger partial charge is 0.311 e. The highest BCUT2D eigenvalue weighted by Crippen LogP contribution is 2.44. The molecule has 0 unspecified atom stereocenters. The molecule has 0 saturated heterocycles. The van der Waals surface area contributed by atoms with E-state index in [1.165, 1.54) is 44.9 Å². The topological polar surface area (TPSA) is 12.0 Å². The van der Waals surface area contributed by atoms with E-state index in [1.807, 2.05) is 0 Å². The van der Waals surface area contributed by atoms with E-state index >= 15 is 0 Å². The first kappa shape index (κ1) is 11.2. The van der Waals surface area contributed by atoms with Crippen LogP contribution in [0, 0.1) is 11.8 Å². The molecule has 0 aliphatic heterocycles. The van der Waals surface area contributed by atoms with Crippen LogP contribution in [0.1, 0.15) is 51.9 Å². The van der Waals surface area contributed by atoms with Crippen molar-refractivity contribution in [1.82, 2.24) is 5.32 Å². The van der Waals surface area contributed by atoms with Crippen molar-refractivity contribution in [2.24, 2.45) is 11.8 Å². The monoisotopic (exact) mass is 207 g/mol. The van der Waals surface area contributed by atoms with Crippen LogP contribution < -0.4 is 5.32 Å². The maximum atomic E-state index is 3.56. The quantitative estimate of drug-likeness (QED) is 0.683. The zero-order valence-electron chi connectivity index (χ0n) is 10.3. The van der Waals surface area contributed by atoms with Crippen molar-refractivity contribution in [2.45, 2.75) is 57.4 Å². The average Bonchev–Trinajstić information content (AvgIpc) is 2.29. The summed E-state index contributed by atoms with van der Waals surface area (Å²) in [4.78, 5) is 0. The predicted molar refractivity (Wildman–Crippen MR) is 65.9 cm³/mol. The predicted octanol–water partition coefficient (Wildman–Crippen LogP) is 3.51. The maximum absolute atomic E-state index is 3.56. The molecule has 2 saturated carbocycles. The van der Waals surface area contributed by atoms with Gasteiger partial charge in [-0.15, -0.1) is 0 Å². The van der Waals surface area contributed by atoms with Gasteiger partial charge in [-0.05, 0) is 45.1 Å². The molecule has 3 atom stereocenters. The van der Waals surface area contributed by atoms with Crippen molar-refractivity contribution < 1.29 is 0 Å². The first-order valence-corrected chi connectivity index (χ1v) is 6.62. The molecule has 0 bridgehead atoms. The van der Waals surface area contributed by atoms with Crippen LogP contribution in [0.25, 0.3) is 0 Å². The highest BCUT2D eigenvalue weighted by Gasteiger charge is 2.38. The first-order chi connectivity index (χ1) is 7.29. The molecule has 2 rings (SSSR count). The number of hydrogen-bond acceptors (Lipinski definition) is 1. The summed E-state index contributed by atoms with van der Waals surface area (Å²) in [6, 6.07) is 0. The third-order valence-corrected chi connectivity index (χ3v) is 4.64. The minimum Gasteiger partial charge on any atom is -0.311 e. The van der Waals surface area contributed by atoms with Crippen LogP contribution in [0.4, 0.5) is 0 Å². The van der Waals surface area contributed by atoms with Crippen molar-refractivity contribution in [1.29, 1.82) is 0 Å². The van der Waals surface area contributed by atoms with Crippen LogP contribution in [0.15, 0.2) is 12.2 Å². The van der Waals surface area contributed by atoms with E-state index in [0.717, 1.165) is 11.8 Å². The van der Waals surface area contributed by atoms with E-state index in [2.05, 4.69) is 31.4 Å². The van der Waals surface area contributed by atoms with Crippen LogP contribution in [-0.4, -0.2) is 12.6 Å². The van der Waals surface area contributed by atoms with Gasteiger partial charge >= 0.3 is 0 Å². The van der Waals surface area contributed by atoms with Gasteiger partial charge in [0, 0.05) is 5.54 Å². The van der Waals surface area contributed by atoms with Crippen LogP contribution >= 0.6 is 0 Å². The zero-order valence-corrected chi connectivity index (χ0v) is 10.3. The van der Waals surface area contributed by atoms with Gasteiger partial charge < -0.3 is 5.32 Å². The molecule has 2 aliphatic rings. The summed E-state index contributed by atoms with van der Waals surface area (Å²) in [5, 5.41) is 3.56. The van der Waals surface area contributed by atoms with Crippen LogP contribution in [0.3, 0.4) is 0 Å². The number of rotatable bonds is 2. The third kappa shape index (κ3) is 2.28. The van der Waals surface area contributed by atoms with Gasteiger partial charge in [0.15, 0.2) is 0 Å². The lowest BCUT2D eigenvalue weighted by Crippen LogP contribution is -2.48. The molecule has 0 aromatic carbocycles. The minimum absolute atomic E-state index is 0.327. The van der Waals surface area contributed by atoms with Gasteiger partial charge in [-0.2, -0.15) is 0 Å². The smallest absolute Gasteiger partial charge is 0.0364 e. The molecule has 1 heteroatoms. The van der Waals surface area contributed by atoms with Crippen LogP contribution in [-0.2, 0) is 0 Å². The summed E-state index contributed by atoms with van der Waals surface area (Å²) in [6.45, 7) is 2.14. The fourth-order valence-electron chi connectivity index (χ4n) is 3.73. The lowest BCUT2D eigenvalue weighted by Gasteiger charge is -2.45. The molecule has 0 aromatic heterocycles. The van der Waals surface area contributed by atoms with Gasteiger partial charge in [0.1, 0.15) is 0 Å². The van der Waals surface area contributed by atoms with E-state index in [1.54, 1.807) is 0 Å². The Labute approximate surface area is 94.3 Å². The third-order valence-electron chi connectivity index (χ3n) is 4.64. The molecular formula is C14H25N. The first-order valence-electron chi connectivity index (χ1n) is 6.62. The van der Waals surface area contributed by atoms with Crippen molar-refractivity contribution in [2.75, 3.05) is 7.05 Å². The Morgan fingerprint density at radius 1 is 1.13 bits per heavy atom. The Balaban J connectivity index is 2.05. The Kier molecular flexibility index (Phi) is 3.50. The molecule has 1 nitrogen and oxygen atoms in total. The maximum Gasteiger partial charge on any atom is 0.0364 e. The standard InChI is InChI=1S/C14H25N/c1-3-9-14(15-2)10-8-12-6-4-5-7-13(12)11-14/h3,9,12-13,15H,4-8,10-11H2,1-2H3/t12-,13-,14-/m1/s1. The number of likely N-dealkylation sites (N-methyl/N-ethyl adjacent to an activating group) is 1. The highest BCUT2D eigenvalue weighted by atomic mass is 14.9. The van der Waals surface area contributed by atoms with Gasteiger partial charge in [0.25, 0.3) is 0 Å². The van der Waals surface area contributed by atoms with Crippen LogP contribution in [0.5, 0.6) is 0 Å². The molecule has 2 fully saturated rings. The Morgan fingerprint density at radius 2 is 1.87 bits per heavy atom. The van der Waals surface area contributed by atoms with Gasteiger partial charge in [0.05, 0.1) is 0 Å². The molecule has 1 N–H and O–H groups in total. The fraction of sp³-hybridized carbons (Fsp3) is 0.857. The summed E-state index contributed by atoms with van der Waals surface area (Å²) in [5.41, 5.74) is 0.327. The normalized spacial score (nSPS) is 41.7. The highest BCUT2D eigenvalue weighted by molar-refractivity contribution is 5.09. The SMILES string of the molecule is CC=C[C@@]1(NC)CC[C@H]2CCCC[C@@H]2C1. The van der Waals surface area contributed by atoms with E-state index in [0.29, 0.717) is 5.54 Å². The van der Waals surface area contributed by atoms with E-state index in [4.69, 9.17) is 0 Å². The summed E-state index contributed by atoms with van der Waals surface area (Å²) in [6.07, 6.45) is 14.7. The summed E-state index contributed by atoms with van der Waals surface area (Å²) < 4.78 is 0. The van der Waals surface area contributed by atoms with Crippen molar-refractivity contribution in [3.05, 3.63) is 12.2 Å². The second-order valence-electron chi connectivity index (χ2n) is 5.45. The fourth-order valence-corrected chi connectivity index (χ4v) is 3.73. The lowest BCUT2D eigenvalue weighted by molar-refractivity contribution is 0.116. The molecule has 0 radical (unpaired) electrons. The van der Waals surface area contributed by atoms with Crippen LogP contribution in [0.2, 0.25) is 0 Å². The second-order valence-corrected chi connectivity index (χ2v) is 5.45. The average molecular weight is 207 g/mol. The molecule has 2 aliphatic carbocycles. The molecular weight excluding hydrogens is 182 g/mol. The number of nitrogens with one attached hydrogen (secondary N) is 1. The number of hydrogen-bond donors (Lipinski definition) is 1. The van der Waals surface area contributed by atoms with E-state index in [-0.39, 0.29) is 0 Å². The van der Waals surface area contributed by atoms with E-state index < -0.39 is 0 Å². The second kappa shape index (κ2) is 4.69. The molecule has 0 heterocycles. The molecule has 0 amide bonds. The lowest BCUT2D eigenvalue weighted by atomic mass is 9.64. The molecule has 15 heavy (non-hydrogen) atoms. The molecule has 86 valence electrons. The van der Waals surface area contributed by atoms with Gasteiger partial charge in [0.2, 0.25) is 0 Å². The molecule has 0 aromatic rings. The zero-order chi connectivity index (χ0) is 10.7. The minimum atomic E-state index is 0.327. The Bertz CT molecular complexity index is 233. The molecule has 0 spiro atoms. The summed E-state index contributed by atoms with van der Waals surface area (Å²) >= 11 is 0. The number of fused-ring (bicyclic) bond motifs is 1. The Morgan fingerprint density at radius 3 is 2.53 bits per heavy atom. The van der Waals surface area contributed by atoms with Crippen molar-refractivity contribution in [3.63, 3.8) is 0 Å². The van der Waals surface area contributed by atoms with Crippen molar-refractivity contribution >= 4 is 0 Å². The van der Waals surface area contributed by atoms with Crippen molar-refractivity contribution in [3.8, 4) is 0 Å². The summed E-state index contributed by atoms with van der Waals surface area (Å²) in [5.74, 6) is 2.04. The Hall–Kier alpha value is -0.300. The van der Waals surface area contributed by atoms with Gasteiger partial charge in [-0.25, -0.2) is 0 Å².